The number of imidazole rings is 1. The van der Waals surface area contributed by atoms with Gasteiger partial charge in [0.1, 0.15) is 11.8 Å². The van der Waals surface area contributed by atoms with Crippen LogP contribution >= 0.6 is 0 Å². The molecular formula is C20H22N4O3. The lowest BCUT2D eigenvalue weighted by Gasteiger charge is -2.13. The molecule has 0 aliphatic heterocycles. The SMILES string of the molecule is COc1ccc(CCC(=O)N[C@@H](C)C(=O)Nc2nc3ccccc3[nH]2)cc1. The van der Waals surface area contributed by atoms with Crippen LogP contribution in [0.2, 0.25) is 0 Å². The minimum atomic E-state index is -0.665. The molecule has 2 amide bonds. The molecule has 140 valence electrons. The van der Waals surface area contributed by atoms with Gasteiger partial charge in [-0.3, -0.25) is 14.9 Å². The van der Waals surface area contributed by atoms with Gasteiger partial charge >= 0.3 is 0 Å². The lowest BCUT2D eigenvalue weighted by Crippen LogP contribution is -2.41. The fourth-order valence-corrected chi connectivity index (χ4v) is 2.67. The molecule has 3 rings (SSSR count). The van der Waals surface area contributed by atoms with Crippen LogP contribution in [-0.4, -0.2) is 34.9 Å². The number of benzene rings is 2. The Hall–Kier alpha value is -3.35. The van der Waals surface area contributed by atoms with Crippen LogP contribution in [0.25, 0.3) is 11.0 Å². The van der Waals surface area contributed by atoms with Gasteiger partial charge in [0.15, 0.2) is 0 Å². The van der Waals surface area contributed by atoms with Crippen molar-refractivity contribution in [1.82, 2.24) is 15.3 Å². The van der Waals surface area contributed by atoms with Gasteiger partial charge in [-0.05, 0) is 43.2 Å². The van der Waals surface area contributed by atoms with Crippen LogP contribution in [0.4, 0.5) is 5.95 Å². The number of aromatic nitrogens is 2. The van der Waals surface area contributed by atoms with E-state index in [9.17, 15) is 9.59 Å². The fourth-order valence-electron chi connectivity index (χ4n) is 2.67. The van der Waals surface area contributed by atoms with Crippen molar-refractivity contribution < 1.29 is 14.3 Å². The number of nitrogens with zero attached hydrogens (tertiary/aromatic N) is 1. The average Bonchev–Trinajstić information content (AvgIpc) is 3.09. The number of nitrogens with one attached hydrogen (secondary N) is 3. The summed E-state index contributed by atoms with van der Waals surface area (Å²) in [6.45, 7) is 1.64. The van der Waals surface area contributed by atoms with Crippen LogP contribution in [-0.2, 0) is 16.0 Å². The van der Waals surface area contributed by atoms with E-state index >= 15 is 0 Å². The molecule has 2 aromatic carbocycles. The summed E-state index contributed by atoms with van der Waals surface area (Å²) in [6, 6.07) is 14.4. The lowest BCUT2D eigenvalue weighted by molar-refractivity contribution is -0.126. The van der Waals surface area contributed by atoms with Gasteiger partial charge in [-0.15, -0.1) is 0 Å². The van der Waals surface area contributed by atoms with Crippen molar-refractivity contribution in [2.75, 3.05) is 12.4 Å². The Morgan fingerprint density at radius 3 is 2.59 bits per heavy atom. The Kier molecular flexibility index (Phi) is 5.71. The predicted molar refractivity (Wildman–Crippen MR) is 104 cm³/mol. The maximum atomic E-state index is 12.3. The maximum Gasteiger partial charge on any atom is 0.248 e. The number of aryl methyl sites for hydroxylation is 1. The highest BCUT2D eigenvalue weighted by atomic mass is 16.5. The molecule has 0 fully saturated rings. The van der Waals surface area contributed by atoms with Gasteiger partial charge in [-0.25, -0.2) is 4.98 Å². The van der Waals surface area contributed by atoms with Crippen LogP contribution < -0.4 is 15.4 Å². The molecule has 0 saturated carbocycles. The van der Waals surface area contributed by atoms with Gasteiger partial charge in [0.2, 0.25) is 17.8 Å². The van der Waals surface area contributed by atoms with Crippen LogP contribution in [0.1, 0.15) is 18.9 Å². The summed E-state index contributed by atoms with van der Waals surface area (Å²) in [6.07, 6.45) is 0.891. The molecule has 3 aromatic rings. The number of hydrogen-bond donors (Lipinski definition) is 3. The summed E-state index contributed by atoms with van der Waals surface area (Å²) < 4.78 is 5.11. The van der Waals surface area contributed by atoms with Crippen molar-refractivity contribution in [3.63, 3.8) is 0 Å². The zero-order valence-corrected chi connectivity index (χ0v) is 15.3. The van der Waals surface area contributed by atoms with E-state index in [4.69, 9.17) is 4.74 Å². The Morgan fingerprint density at radius 2 is 1.89 bits per heavy atom. The highest BCUT2D eigenvalue weighted by molar-refractivity contribution is 5.96. The summed E-state index contributed by atoms with van der Waals surface area (Å²) in [7, 11) is 1.61. The molecule has 0 aliphatic rings. The summed E-state index contributed by atoms with van der Waals surface area (Å²) >= 11 is 0. The molecule has 0 spiro atoms. The number of carbonyl (C=O) groups excluding carboxylic acids is 2. The topological polar surface area (TPSA) is 96.1 Å². The van der Waals surface area contributed by atoms with E-state index in [-0.39, 0.29) is 11.8 Å². The molecule has 1 atom stereocenters. The van der Waals surface area contributed by atoms with Gasteiger partial charge in [-0.2, -0.15) is 0 Å². The van der Waals surface area contributed by atoms with E-state index in [1.54, 1.807) is 14.0 Å². The highest BCUT2D eigenvalue weighted by Crippen LogP contribution is 2.14. The number of rotatable bonds is 7. The number of amides is 2. The Balaban J connectivity index is 1.48. The Morgan fingerprint density at radius 1 is 1.15 bits per heavy atom. The number of H-pyrrole nitrogens is 1. The second kappa shape index (κ2) is 8.35. The molecule has 0 unspecified atom stereocenters. The summed E-state index contributed by atoms with van der Waals surface area (Å²) in [5.74, 6) is 0.629. The van der Waals surface area contributed by atoms with Crippen LogP contribution in [0.5, 0.6) is 5.75 Å². The van der Waals surface area contributed by atoms with Crippen molar-refractivity contribution in [2.45, 2.75) is 25.8 Å². The van der Waals surface area contributed by atoms with Crippen LogP contribution in [0.3, 0.4) is 0 Å². The van der Waals surface area contributed by atoms with E-state index in [1.807, 2.05) is 48.5 Å². The minimum Gasteiger partial charge on any atom is -0.497 e. The molecule has 7 nitrogen and oxygen atoms in total. The van der Waals surface area contributed by atoms with Gasteiger partial charge in [-0.1, -0.05) is 24.3 Å². The number of methoxy groups -OCH3 is 1. The summed E-state index contributed by atoms with van der Waals surface area (Å²) in [4.78, 5) is 31.7. The van der Waals surface area contributed by atoms with Gasteiger partial charge in [0.05, 0.1) is 18.1 Å². The van der Waals surface area contributed by atoms with Crippen molar-refractivity contribution in [2.24, 2.45) is 0 Å². The Labute approximate surface area is 157 Å². The van der Waals surface area contributed by atoms with E-state index in [1.165, 1.54) is 0 Å². The third kappa shape index (κ3) is 4.84. The van der Waals surface area contributed by atoms with E-state index in [2.05, 4.69) is 20.6 Å². The second-order valence-electron chi connectivity index (χ2n) is 6.23. The third-order valence-corrected chi connectivity index (χ3v) is 4.20. The first-order valence-electron chi connectivity index (χ1n) is 8.73. The quantitative estimate of drug-likeness (QED) is 0.599. The number of anilines is 1. The maximum absolute atomic E-state index is 12.3. The molecule has 0 aliphatic carbocycles. The van der Waals surface area contributed by atoms with Gasteiger partial charge < -0.3 is 15.0 Å². The minimum absolute atomic E-state index is 0.182. The summed E-state index contributed by atoms with van der Waals surface area (Å²) in [5.41, 5.74) is 2.64. The number of hydrogen-bond acceptors (Lipinski definition) is 4. The van der Waals surface area contributed by atoms with Crippen molar-refractivity contribution in [1.29, 1.82) is 0 Å². The van der Waals surface area contributed by atoms with Crippen molar-refractivity contribution in [3.8, 4) is 5.75 Å². The molecule has 27 heavy (non-hydrogen) atoms. The van der Waals surface area contributed by atoms with Crippen molar-refractivity contribution >= 4 is 28.8 Å². The molecule has 0 saturated heterocycles. The lowest BCUT2D eigenvalue weighted by atomic mass is 10.1. The molecule has 0 radical (unpaired) electrons. The van der Waals surface area contributed by atoms with E-state index in [0.29, 0.717) is 18.8 Å². The van der Waals surface area contributed by atoms with Crippen molar-refractivity contribution in [3.05, 3.63) is 54.1 Å². The molecule has 1 heterocycles. The number of carbonyl (C=O) groups is 2. The third-order valence-electron chi connectivity index (χ3n) is 4.20. The number of ether oxygens (including phenoxy) is 1. The van der Waals surface area contributed by atoms with Crippen LogP contribution in [0.15, 0.2) is 48.5 Å². The largest absolute Gasteiger partial charge is 0.497 e. The average molecular weight is 366 g/mol. The molecule has 7 heteroatoms. The number of para-hydroxylation sites is 2. The second-order valence-corrected chi connectivity index (χ2v) is 6.23. The number of aromatic amines is 1. The normalized spacial score (nSPS) is 11.8. The van der Waals surface area contributed by atoms with E-state index < -0.39 is 6.04 Å². The predicted octanol–water partition coefficient (Wildman–Crippen LogP) is 2.65. The summed E-state index contributed by atoms with van der Waals surface area (Å²) in [5, 5.41) is 5.40. The first-order valence-corrected chi connectivity index (χ1v) is 8.73. The number of fused-ring (bicyclic) bond motifs is 1. The zero-order chi connectivity index (χ0) is 19.2. The highest BCUT2D eigenvalue weighted by Gasteiger charge is 2.17. The van der Waals surface area contributed by atoms with Crippen LogP contribution in [0, 0.1) is 0 Å². The zero-order valence-electron chi connectivity index (χ0n) is 15.3. The van der Waals surface area contributed by atoms with E-state index in [0.717, 1.165) is 22.3 Å². The standard InChI is InChI=1S/C20H22N4O3/c1-13(19(26)24-20-22-16-5-3-4-6-17(16)23-20)21-18(25)12-9-14-7-10-15(27-2)11-8-14/h3-8,10-11,13H,9,12H2,1-2H3,(H,21,25)(H2,22,23,24,26)/t13-/m0/s1. The Bertz CT molecular complexity index is 901. The first kappa shape index (κ1) is 18.4. The smallest absolute Gasteiger partial charge is 0.248 e. The first-order chi connectivity index (χ1) is 13.0. The van der Waals surface area contributed by atoms with Gasteiger partial charge in [0.25, 0.3) is 0 Å². The molecular weight excluding hydrogens is 344 g/mol. The molecule has 0 bridgehead atoms. The fraction of sp³-hybridized carbons (Fsp3) is 0.250. The monoisotopic (exact) mass is 366 g/mol. The molecule has 3 N–H and O–H groups in total. The van der Waals surface area contributed by atoms with Gasteiger partial charge in [0, 0.05) is 6.42 Å². The molecule has 1 aromatic heterocycles.